The quantitative estimate of drug-likeness (QED) is 0.598. The molecule has 0 aliphatic carbocycles. The maximum Gasteiger partial charge on any atom is 0.331 e. The van der Waals surface area contributed by atoms with E-state index in [1.807, 2.05) is 6.92 Å². The molecule has 0 bridgehead atoms. The van der Waals surface area contributed by atoms with Gasteiger partial charge in [0.1, 0.15) is 13.2 Å². The summed E-state index contributed by atoms with van der Waals surface area (Å²) in [6.45, 7) is 4.94. The maximum atomic E-state index is 11.9. The molecule has 1 aliphatic rings. The molecule has 1 aliphatic heterocycles. The van der Waals surface area contributed by atoms with Crippen molar-refractivity contribution < 1.29 is 28.5 Å². The summed E-state index contributed by atoms with van der Waals surface area (Å²) in [5.41, 5.74) is 0.695. The van der Waals surface area contributed by atoms with Gasteiger partial charge in [0.2, 0.25) is 5.75 Å². The van der Waals surface area contributed by atoms with Crippen molar-refractivity contribution >= 4 is 18.0 Å². The number of nitrogens with one attached hydrogen (secondary N) is 1. The van der Waals surface area contributed by atoms with Gasteiger partial charge in [-0.2, -0.15) is 0 Å². The van der Waals surface area contributed by atoms with Gasteiger partial charge in [-0.05, 0) is 37.1 Å². The van der Waals surface area contributed by atoms with Crippen LogP contribution in [0.2, 0.25) is 0 Å². The number of rotatable bonds is 7. The molecule has 7 heteroatoms. The molecule has 0 radical (unpaired) electrons. The second-order valence-electron chi connectivity index (χ2n) is 5.45. The monoisotopic (exact) mass is 349 g/mol. The van der Waals surface area contributed by atoms with Gasteiger partial charge < -0.3 is 24.3 Å². The fraction of sp³-hybridized carbons (Fsp3) is 0.444. The number of methoxy groups -OCH3 is 1. The second-order valence-corrected chi connectivity index (χ2v) is 5.45. The van der Waals surface area contributed by atoms with Crippen molar-refractivity contribution in [1.29, 1.82) is 0 Å². The summed E-state index contributed by atoms with van der Waals surface area (Å²) in [4.78, 5) is 23.6. The molecule has 0 saturated heterocycles. The van der Waals surface area contributed by atoms with Crippen LogP contribution in [0.3, 0.4) is 0 Å². The van der Waals surface area contributed by atoms with Gasteiger partial charge in [0, 0.05) is 12.6 Å². The van der Waals surface area contributed by atoms with Crippen LogP contribution in [0.25, 0.3) is 6.08 Å². The lowest BCUT2D eigenvalue weighted by molar-refractivity contribution is -0.150. The minimum Gasteiger partial charge on any atom is -0.493 e. The Labute approximate surface area is 146 Å². The molecule has 1 heterocycles. The van der Waals surface area contributed by atoms with Crippen molar-refractivity contribution in [2.45, 2.75) is 26.4 Å². The van der Waals surface area contributed by atoms with E-state index in [0.29, 0.717) is 42.6 Å². The van der Waals surface area contributed by atoms with Gasteiger partial charge in [-0.1, -0.05) is 6.92 Å². The van der Waals surface area contributed by atoms with E-state index < -0.39 is 12.1 Å². The topological polar surface area (TPSA) is 83.1 Å². The zero-order valence-corrected chi connectivity index (χ0v) is 14.7. The lowest BCUT2D eigenvalue weighted by Crippen LogP contribution is -2.35. The lowest BCUT2D eigenvalue weighted by Gasteiger charge is -2.20. The van der Waals surface area contributed by atoms with Crippen LogP contribution in [0.15, 0.2) is 18.2 Å². The Morgan fingerprint density at radius 3 is 2.80 bits per heavy atom. The van der Waals surface area contributed by atoms with Gasteiger partial charge in [-0.25, -0.2) is 4.79 Å². The van der Waals surface area contributed by atoms with Crippen LogP contribution in [-0.2, 0) is 14.3 Å². The maximum absolute atomic E-state index is 11.9. The molecule has 25 heavy (non-hydrogen) atoms. The summed E-state index contributed by atoms with van der Waals surface area (Å²) in [6, 6.07) is 3.48. The Bertz CT molecular complexity index is 638. The molecule has 7 nitrogen and oxygen atoms in total. The van der Waals surface area contributed by atoms with Gasteiger partial charge >= 0.3 is 5.97 Å². The van der Waals surface area contributed by atoms with Crippen LogP contribution < -0.4 is 19.5 Å². The van der Waals surface area contributed by atoms with Crippen molar-refractivity contribution in [1.82, 2.24) is 5.32 Å². The molecule has 0 unspecified atom stereocenters. The second kappa shape index (κ2) is 8.96. The highest BCUT2D eigenvalue weighted by molar-refractivity contribution is 5.90. The third kappa shape index (κ3) is 5.14. The van der Waals surface area contributed by atoms with Gasteiger partial charge in [0.25, 0.3) is 5.91 Å². The van der Waals surface area contributed by atoms with Crippen molar-refractivity contribution in [3.63, 3.8) is 0 Å². The van der Waals surface area contributed by atoms with E-state index in [4.69, 9.17) is 18.9 Å². The van der Waals surface area contributed by atoms with Gasteiger partial charge in [-0.15, -0.1) is 0 Å². The van der Waals surface area contributed by atoms with Crippen molar-refractivity contribution in [3.8, 4) is 17.2 Å². The van der Waals surface area contributed by atoms with Crippen LogP contribution in [0, 0.1) is 0 Å². The van der Waals surface area contributed by atoms with Crippen LogP contribution in [-0.4, -0.2) is 44.8 Å². The summed E-state index contributed by atoms with van der Waals surface area (Å²) in [7, 11) is 1.53. The van der Waals surface area contributed by atoms with Crippen LogP contribution in [0.5, 0.6) is 17.2 Å². The first-order valence-corrected chi connectivity index (χ1v) is 8.19. The normalized spacial score (nSPS) is 14.0. The lowest BCUT2D eigenvalue weighted by atomic mass is 10.1. The molecule has 0 saturated carbocycles. The van der Waals surface area contributed by atoms with Crippen molar-refractivity contribution in [2.75, 3.05) is 26.9 Å². The Morgan fingerprint density at radius 2 is 2.08 bits per heavy atom. The van der Waals surface area contributed by atoms with Gasteiger partial charge in [0.15, 0.2) is 17.6 Å². The minimum atomic E-state index is -0.849. The molecule has 0 aromatic heterocycles. The number of hydrogen-bond donors (Lipinski definition) is 1. The highest BCUT2D eigenvalue weighted by atomic mass is 16.6. The molecular formula is C18H23NO6. The molecule has 136 valence electrons. The molecule has 1 aromatic carbocycles. The zero-order valence-electron chi connectivity index (χ0n) is 14.7. The SMILES string of the molecule is CCCNC(=O)[C@@H](C)OC(=O)/C=C/c1cc(OC)c2c(c1)OCCO2. The smallest absolute Gasteiger partial charge is 0.331 e. The molecule has 1 N–H and O–H groups in total. The van der Waals surface area contributed by atoms with Crippen LogP contribution in [0.1, 0.15) is 25.8 Å². The third-order valence-electron chi connectivity index (χ3n) is 3.47. The first kappa shape index (κ1) is 18.6. The van der Waals surface area contributed by atoms with E-state index in [9.17, 15) is 9.59 Å². The predicted octanol–water partition coefficient (Wildman–Crippen LogP) is 1.94. The molecule has 1 aromatic rings. The number of benzene rings is 1. The van der Waals surface area contributed by atoms with E-state index in [1.54, 1.807) is 18.2 Å². The number of carbonyl (C=O) groups excluding carboxylic acids is 2. The number of esters is 1. The Balaban J connectivity index is 2.01. The summed E-state index contributed by atoms with van der Waals surface area (Å²) in [5.74, 6) is 0.718. The van der Waals surface area contributed by atoms with E-state index in [0.717, 1.165) is 6.42 Å². The van der Waals surface area contributed by atoms with Crippen molar-refractivity contribution in [3.05, 3.63) is 23.8 Å². The third-order valence-corrected chi connectivity index (χ3v) is 3.47. The zero-order chi connectivity index (χ0) is 18.2. The number of ether oxygens (including phenoxy) is 4. The first-order chi connectivity index (χ1) is 12.0. The average molecular weight is 349 g/mol. The summed E-state index contributed by atoms with van der Waals surface area (Å²) < 4.78 is 21.4. The van der Waals surface area contributed by atoms with Crippen molar-refractivity contribution in [2.24, 2.45) is 0 Å². The van der Waals surface area contributed by atoms with Crippen LogP contribution >= 0.6 is 0 Å². The molecule has 1 atom stereocenters. The fourth-order valence-electron chi connectivity index (χ4n) is 2.21. The number of carbonyl (C=O) groups is 2. The van der Waals surface area contributed by atoms with Crippen LogP contribution in [0.4, 0.5) is 0 Å². The number of hydrogen-bond acceptors (Lipinski definition) is 6. The number of amides is 1. The summed E-state index contributed by atoms with van der Waals surface area (Å²) in [6.07, 6.45) is 2.80. The number of fused-ring (bicyclic) bond motifs is 1. The van der Waals surface area contributed by atoms with Gasteiger partial charge in [0.05, 0.1) is 7.11 Å². The fourth-order valence-corrected chi connectivity index (χ4v) is 2.21. The van der Waals surface area contributed by atoms with E-state index in [-0.39, 0.29) is 5.91 Å². The summed E-state index contributed by atoms with van der Waals surface area (Å²) >= 11 is 0. The standard InChI is InChI=1S/C18H23NO6/c1-4-7-19-18(21)12(2)25-16(20)6-5-13-10-14(22-3)17-15(11-13)23-8-9-24-17/h5-6,10-12H,4,7-9H2,1-3H3,(H,19,21)/b6-5+/t12-/m1/s1. The van der Waals surface area contributed by atoms with Gasteiger partial charge in [-0.3, -0.25) is 4.79 Å². The Kier molecular flexibility index (Phi) is 6.68. The van der Waals surface area contributed by atoms with E-state index >= 15 is 0 Å². The highest BCUT2D eigenvalue weighted by Crippen LogP contribution is 2.40. The molecular weight excluding hydrogens is 326 g/mol. The summed E-state index contributed by atoms with van der Waals surface area (Å²) in [5, 5.41) is 2.67. The average Bonchev–Trinajstić information content (AvgIpc) is 2.63. The predicted molar refractivity (Wildman–Crippen MR) is 91.9 cm³/mol. The molecule has 0 spiro atoms. The van der Waals surface area contributed by atoms with E-state index in [1.165, 1.54) is 20.1 Å². The molecule has 1 amide bonds. The molecule has 0 fully saturated rings. The Hall–Kier alpha value is -2.70. The highest BCUT2D eigenvalue weighted by Gasteiger charge is 2.18. The minimum absolute atomic E-state index is 0.315. The largest absolute Gasteiger partial charge is 0.493 e. The first-order valence-electron chi connectivity index (χ1n) is 8.19. The molecule has 2 rings (SSSR count). The van der Waals surface area contributed by atoms with E-state index in [2.05, 4.69) is 5.32 Å². The Morgan fingerprint density at radius 1 is 1.32 bits per heavy atom.